The van der Waals surface area contributed by atoms with Crippen LogP contribution < -0.4 is 4.90 Å². The summed E-state index contributed by atoms with van der Waals surface area (Å²) < 4.78 is 5.37. The first-order valence-corrected chi connectivity index (χ1v) is 8.82. The minimum atomic E-state index is 0.0559. The number of hydrogen-bond donors (Lipinski definition) is 0. The first-order valence-electron chi connectivity index (χ1n) is 8.82. The van der Waals surface area contributed by atoms with Crippen LogP contribution in [-0.2, 0) is 4.74 Å². The van der Waals surface area contributed by atoms with Crippen molar-refractivity contribution in [3.63, 3.8) is 0 Å². The van der Waals surface area contributed by atoms with Gasteiger partial charge in [-0.25, -0.2) is 4.98 Å². The van der Waals surface area contributed by atoms with Crippen molar-refractivity contribution in [3.05, 3.63) is 54.0 Å². The highest BCUT2D eigenvalue weighted by Crippen LogP contribution is 2.32. The molecule has 6 nitrogen and oxygen atoms in total. The highest BCUT2D eigenvalue weighted by atomic mass is 16.5. The molecule has 2 fully saturated rings. The van der Waals surface area contributed by atoms with Gasteiger partial charge < -0.3 is 14.5 Å². The molecule has 0 bridgehead atoms. The lowest BCUT2D eigenvalue weighted by atomic mass is 10.1. The molecular weight excluding hydrogens is 316 g/mol. The normalized spacial score (nSPS) is 20.7. The third-order valence-electron chi connectivity index (χ3n) is 4.93. The second-order valence-electron chi connectivity index (χ2n) is 6.44. The van der Waals surface area contributed by atoms with Crippen molar-refractivity contribution in [1.29, 1.82) is 0 Å². The number of nitrogens with zero attached hydrogens (tertiary/aromatic N) is 4. The number of rotatable bonds is 3. The summed E-state index contributed by atoms with van der Waals surface area (Å²) in [6, 6.07) is 7.96. The van der Waals surface area contributed by atoms with Crippen molar-refractivity contribution < 1.29 is 9.53 Å². The fourth-order valence-corrected chi connectivity index (χ4v) is 3.60. The molecule has 2 aromatic heterocycles. The van der Waals surface area contributed by atoms with Gasteiger partial charge in [-0.1, -0.05) is 0 Å². The van der Waals surface area contributed by atoms with Gasteiger partial charge in [0.25, 0.3) is 5.91 Å². The number of amides is 1. The summed E-state index contributed by atoms with van der Waals surface area (Å²) in [5, 5.41) is 0. The zero-order valence-electron chi connectivity index (χ0n) is 14.2. The van der Waals surface area contributed by atoms with Gasteiger partial charge in [0.05, 0.1) is 24.8 Å². The molecule has 0 aliphatic carbocycles. The van der Waals surface area contributed by atoms with Crippen LogP contribution in [0.4, 0.5) is 5.82 Å². The van der Waals surface area contributed by atoms with Crippen LogP contribution in [0.3, 0.4) is 0 Å². The van der Waals surface area contributed by atoms with E-state index in [4.69, 9.17) is 4.74 Å². The average molecular weight is 338 g/mol. The van der Waals surface area contributed by atoms with Crippen LogP contribution in [0.5, 0.6) is 0 Å². The van der Waals surface area contributed by atoms with Gasteiger partial charge in [0, 0.05) is 38.2 Å². The smallest absolute Gasteiger partial charge is 0.255 e. The van der Waals surface area contributed by atoms with E-state index in [1.165, 1.54) is 0 Å². The van der Waals surface area contributed by atoms with Gasteiger partial charge in [-0.15, -0.1) is 0 Å². The first kappa shape index (κ1) is 16.0. The summed E-state index contributed by atoms with van der Waals surface area (Å²) in [7, 11) is 0. The molecule has 1 atom stereocenters. The molecule has 1 amide bonds. The maximum Gasteiger partial charge on any atom is 0.255 e. The zero-order valence-corrected chi connectivity index (χ0v) is 14.2. The lowest BCUT2D eigenvalue weighted by Crippen LogP contribution is -2.36. The molecule has 0 spiro atoms. The Morgan fingerprint density at radius 2 is 1.88 bits per heavy atom. The van der Waals surface area contributed by atoms with E-state index in [2.05, 4.69) is 14.9 Å². The Kier molecular flexibility index (Phi) is 4.61. The fourth-order valence-electron chi connectivity index (χ4n) is 3.60. The van der Waals surface area contributed by atoms with E-state index in [1.54, 1.807) is 18.6 Å². The van der Waals surface area contributed by atoms with Gasteiger partial charge >= 0.3 is 0 Å². The van der Waals surface area contributed by atoms with Crippen molar-refractivity contribution in [2.24, 2.45) is 0 Å². The van der Waals surface area contributed by atoms with Crippen molar-refractivity contribution >= 4 is 11.7 Å². The maximum absolute atomic E-state index is 13.0. The Balaban J connectivity index is 1.50. The monoisotopic (exact) mass is 338 g/mol. The van der Waals surface area contributed by atoms with Crippen LogP contribution in [0.1, 0.15) is 34.8 Å². The lowest BCUT2D eigenvalue weighted by Gasteiger charge is -2.28. The maximum atomic E-state index is 13.0. The van der Waals surface area contributed by atoms with Gasteiger partial charge in [0.2, 0.25) is 0 Å². The molecule has 130 valence electrons. The molecule has 6 heteroatoms. The molecule has 4 heterocycles. The van der Waals surface area contributed by atoms with Gasteiger partial charge in [0.15, 0.2) is 0 Å². The molecule has 25 heavy (non-hydrogen) atoms. The van der Waals surface area contributed by atoms with Crippen LogP contribution in [-0.4, -0.2) is 53.6 Å². The van der Waals surface area contributed by atoms with E-state index < -0.39 is 0 Å². The van der Waals surface area contributed by atoms with Crippen LogP contribution in [0.2, 0.25) is 0 Å². The Morgan fingerprint density at radius 1 is 1.08 bits per heavy atom. The third kappa shape index (κ3) is 3.35. The van der Waals surface area contributed by atoms with Crippen molar-refractivity contribution in [2.45, 2.75) is 18.9 Å². The Hall–Kier alpha value is -2.47. The molecule has 0 radical (unpaired) electrons. The van der Waals surface area contributed by atoms with E-state index in [0.29, 0.717) is 5.56 Å². The number of likely N-dealkylation sites (tertiary alicyclic amines) is 1. The summed E-state index contributed by atoms with van der Waals surface area (Å²) in [5.41, 5.74) is 1.80. The van der Waals surface area contributed by atoms with Crippen molar-refractivity contribution in [1.82, 2.24) is 14.9 Å². The lowest BCUT2D eigenvalue weighted by molar-refractivity contribution is 0.0735. The first-order chi connectivity index (χ1) is 12.3. The van der Waals surface area contributed by atoms with Crippen molar-refractivity contribution in [2.75, 3.05) is 37.7 Å². The van der Waals surface area contributed by atoms with Crippen LogP contribution in [0.15, 0.2) is 42.9 Å². The molecule has 0 saturated carbocycles. The molecule has 2 aromatic rings. The van der Waals surface area contributed by atoms with Gasteiger partial charge in [-0.05, 0) is 42.7 Å². The molecule has 1 unspecified atom stereocenters. The van der Waals surface area contributed by atoms with E-state index >= 15 is 0 Å². The number of carbonyl (C=O) groups excluding carboxylic acids is 1. The average Bonchev–Trinajstić information content (AvgIpc) is 3.19. The predicted octanol–water partition coefficient (Wildman–Crippen LogP) is 2.29. The summed E-state index contributed by atoms with van der Waals surface area (Å²) in [4.78, 5) is 25.7. The molecule has 4 rings (SSSR count). The van der Waals surface area contributed by atoms with Crippen molar-refractivity contribution in [3.8, 4) is 0 Å². The Morgan fingerprint density at radius 3 is 2.60 bits per heavy atom. The quantitative estimate of drug-likeness (QED) is 0.859. The Bertz CT molecular complexity index is 714. The van der Waals surface area contributed by atoms with E-state index in [0.717, 1.165) is 57.1 Å². The number of ether oxygens (including phenoxy) is 1. The number of anilines is 1. The molecule has 2 saturated heterocycles. The summed E-state index contributed by atoms with van der Waals surface area (Å²) >= 11 is 0. The standard InChI is InChI=1S/C19H22N4O2/c24-19(23-9-1-2-17(23)15-5-7-20-8-6-15)16-3-4-18(21-14-16)22-10-12-25-13-11-22/h3-8,14,17H,1-2,9-13H2. The van der Waals surface area contributed by atoms with Crippen LogP contribution in [0.25, 0.3) is 0 Å². The summed E-state index contributed by atoms with van der Waals surface area (Å²) in [6.45, 7) is 3.93. The fraction of sp³-hybridized carbons (Fsp3) is 0.421. The van der Waals surface area contributed by atoms with E-state index in [-0.39, 0.29) is 11.9 Å². The number of hydrogen-bond acceptors (Lipinski definition) is 5. The topological polar surface area (TPSA) is 58.6 Å². The molecular formula is C19H22N4O2. The van der Waals surface area contributed by atoms with Gasteiger partial charge in [-0.2, -0.15) is 0 Å². The van der Waals surface area contributed by atoms with Gasteiger partial charge in [0.1, 0.15) is 5.82 Å². The Labute approximate surface area is 147 Å². The minimum Gasteiger partial charge on any atom is -0.378 e. The third-order valence-corrected chi connectivity index (χ3v) is 4.93. The van der Waals surface area contributed by atoms with E-state index in [9.17, 15) is 4.79 Å². The SMILES string of the molecule is O=C(c1ccc(N2CCOCC2)nc1)N1CCCC1c1ccncc1. The molecule has 0 N–H and O–H groups in total. The van der Waals surface area contributed by atoms with Crippen LogP contribution >= 0.6 is 0 Å². The van der Waals surface area contributed by atoms with E-state index in [1.807, 2.05) is 29.2 Å². The second kappa shape index (κ2) is 7.19. The minimum absolute atomic E-state index is 0.0559. The van der Waals surface area contributed by atoms with Crippen LogP contribution in [0, 0.1) is 0 Å². The second-order valence-corrected chi connectivity index (χ2v) is 6.44. The highest BCUT2D eigenvalue weighted by molar-refractivity contribution is 5.94. The zero-order chi connectivity index (χ0) is 17.1. The highest BCUT2D eigenvalue weighted by Gasteiger charge is 2.30. The number of carbonyl (C=O) groups is 1. The number of morpholine rings is 1. The summed E-state index contributed by atoms with van der Waals surface area (Å²) in [5.74, 6) is 0.965. The largest absolute Gasteiger partial charge is 0.378 e. The molecule has 2 aliphatic heterocycles. The number of aromatic nitrogens is 2. The molecule has 0 aromatic carbocycles. The number of pyridine rings is 2. The predicted molar refractivity (Wildman–Crippen MR) is 94.5 cm³/mol. The summed E-state index contributed by atoms with van der Waals surface area (Å²) in [6.07, 6.45) is 7.30. The van der Waals surface area contributed by atoms with Gasteiger partial charge in [-0.3, -0.25) is 9.78 Å². The molecule has 2 aliphatic rings.